The highest BCUT2D eigenvalue weighted by Gasteiger charge is 2.07. The molecule has 0 aliphatic rings. The summed E-state index contributed by atoms with van der Waals surface area (Å²) in [6, 6.07) is 4.71. The summed E-state index contributed by atoms with van der Waals surface area (Å²) in [5.74, 6) is -0.401. The molecule has 0 aliphatic carbocycles. The third-order valence-electron chi connectivity index (χ3n) is 2.56. The molecule has 0 aromatic heterocycles. The molecule has 0 saturated carbocycles. The van der Waals surface area contributed by atoms with E-state index in [1.807, 2.05) is 11.9 Å². The number of aliphatic hydroxyl groups is 1. The molecule has 0 bridgehead atoms. The van der Waals surface area contributed by atoms with E-state index >= 15 is 0 Å². The Morgan fingerprint density at radius 1 is 1.53 bits per heavy atom. The zero-order valence-corrected chi connectivity index (χ0v) is 10.6. The van der Waals surface area contributed by atoms with Crippen LogP contribution in [0.4, 0.5) is 4.39 Å². The molecule has 0 heterocycles. The van der Waals surface area contributed by atoms with Crippen molar-refractivity contribution in [2.45, 2.75) is 12.5 Å². The second-order valence-corrected chi connectivity index (χ2v) is 4.56. The molecule has 96 valence electrons. The lowest BCUT2D eigenvalue weighted by molar-refractivity contribution is 0.133. The molecule has 17 heavy (non-hydrogen) atoms. The maximum absolute atomic E-state index is 12.9. The van der Waals surface area contributed by atoms with Crippen LogP contribution in [0.15, 0.2) is 18.2 Å². The van der Waals surface area contributed by atoms with Gasteiger partial charge in [0.25, 0.3) is 0 Å². The zero-order valence-electron chi connectivity index (χ0n) is 9.87. The van der Waals surface area contributed by atoms with Gasteiger partial charge in [-0.15, -0.1) is 0 Å². The Bertz CT molecular complexity index is 362. The van der Waals surface area contributed by atoms with Crippen LogP contribution >= 0.6 is 11.6 Å². The molecule has 0 amide bonds. The summed E-state index contributed by atoms with van der Waals surface area (Å²) in [7, 11) is 1.91. The van der Waals surface area contributed by atoms with E-state index < -0.39 is 11.9 Å². The Hall–Kier alpha value is -0.680. The highest BCUT2D eigenvalue weighted by Crippen LogP contribution is 2.16. The van der Waals surface area contributed by atoms with E-state index in [2.05, 4.69) is 0 Å². The van der Waals surface area contributed by atoms with Gasteiger partial charge in [-0.25, -0.2) is 4.39 Å². The monoisotopic (exact) mass is 260 g/mol. The minimum absolute atomic E-state index is 0.146. The van der Waals surface area contributed by atoms with Gasteiger partial charge in [0.2, 0.25) is 0 Å². The zero-order chi connectivity index (χ0) is 12.8. The smallest absolute Gasteiger partial charge is 0.141 e. The average Bonchev–Trinajstić information content (AvgIpc) is 2.30. The summed E-state index contributed by atoms with van der Waals surface area (Å²) < 4.78 is 12.9. The predicted octanol–water partition coefficient (Wildman–Crippen LogP) is 1.27. The molecule has 0 aliphatic heterocycles. The van der Waals surface area contributed by atoms with Crippen LogP contribution in [0.1, 0.15) is 5.56 Å². The third-order valence-corrected chi connectivity index (χ3v) is 2.85. The molecule has 1 aromatic carbocycles. The predicted molar refractivity (Wildman–Crippen MR) is 67.7 cm³/mol. The minimum atomic E-state index is -0.503. The normalized spacial score (nSPS) is 13.1. The summed E-state index contributed by atoms with van der Waals surface area (Å²) in [5.41, 5.74) is 6.31. The van der Waals surface area contributed by atoms with Gasteiger partial charge in [0.1, 0.15) is 5.82 Å². The number of rotatable bonds is 6. The first-order valence-corrected chi connectivity index (χ1v) is 5.91. The quantitative estimate of drug-likeness (QED) is 0.810. The summed E-state index contributed by atoms with van der Waals surface area (Å²) in [5, 5.41) is 9.51. The van der Waals surface area contributed by atoms with Gasteiger partial charge in [-0.05, 0) is 31.2 Å². The standard InChI is InChI=1S/C12H18ClFN2O/c1-16(8-10(17)7-15)5-4-9-2-3-12(14)11(13)6-9/h2-3,6,10,17H,4-5,7-8,15H2,1H3. The number of hydrogen-bond donors (Lipinski definition) is 2. The van der Waals surface area contributed by atoms with Crippen molar-refractivity contribution >= 4 is 11.6 Å². The fourth-order valence-electron chi connectivity index (χ4n) is 1.54. The van der Waals surface area contributed by atoms with Gasteiger partial charge in [0.05, 0.1) is 11.1 Å². The molecule has 3 N–H and O–H groups in total. The van der Waals surface area contributed by atoms with Crippen LogP contribution < -0.4 is 5.73 Å². The van der Waals surface area contributed by atoms with Gasteiger partial charge in [0, 0.05) is 19.6 Å². The Morgan fingerprint density at radius 3 is 2.82 bits per heavy atom. The molecule has 0 spiro atoms. The van der Waals surface area contributed by atoms with Crippen molar-refractivity contribution in [3.63, 3.8) is 0 Å². The fraction of sp³-hybridized carbons (Fsp3) is 0.500. The van der Waals surface area contributed by atoms with Crippen molar-refractivity contribution in [2.75, 3.05) is 26.7 Å². The molecule has 1 rings (SSSR count). The van der Waals surface area contributed by atoms with Crippen molar-refractivity contribution in [2.24, 2.45) is 5.73 Å². The molecule has 0 fully saturated rings. The SMILES string of the molecule is CN(CCc1ccc(F)c(Cl)c1)CC(O)CN. The van der Waals surface area contributed by atoms with E-state index in [9.17, 15) is 9.50 Å². The lowest BCUT2D eigenvalue weighted by Gasteiger charge is -2.19. The molecule has 1 atom stereocenters. The number of hydrogen-bond acceptors (Lipinski definition) is 3. The number of benzene rings is 1. The van der Waals surface area contributed by atoms with Crippen molar-refractivity contribution in [1.29, 1.82) is 0 Å². The van der Waals surface area contributed by atoms with Gasteiger partial charge in [-0.2, -0.15) is 0 Å². The van der Waals surface area contributed by atoms with Crippen molar-refractivity contribution in [1.82, 2.24) is 4.90 Å². The summed E-state index contributed by atoms with van der Waals surface area (Å²) >= 11 is 5.69. The highest BCUT2D eigenvalue weighted by atomic mass is 35.5. The summed E-state index contributed by atoms with van der Waals surface area (Å²) in [6.45, 7) is 1.55. The van der Waals surface area contributed by atoms with Crippen molar-refractivity contribution in [3.8, 4) is 0 Å². The van der Waals surface area contributed by atoms with Crippen LogP contribution in [0.3, 0.4) is 0 Å². The molecule has 0 radical (unpaired) electrons. The van der Waals surface area contributed by atoms with Gasteiger partial charge < -0.3 is 15.7 Å². The third kappa shape index (κ3) is 5.00. The molecule has 0 saturated heterocycles. The first-order valence-electron chi connectivity index (χ1n) is 5.53. The molecule has 1 unspecified atom stereocenters. The number of likely N-dealkylation sites (N-methyl/N-ethyl adjacent to an activating group) is 1. The lowest BCUT2D eigenvalue weighted by Crippen LogP contribution is -2.35. The summed E-state index contributed by atoms with van der Waals surface area (Å²) in [6.07, 6.45) is 0.255. The Morgan fingerprint density at radius 2 is 2.24 bits per heavy atom. The Labute approximate surface area is 106 Å². The number of nitrogens with two attached hydrogens (primary N) is 1. The van der Waals surface area contributed by atoms with Crippen LogP contribution in [0.2, 0.25) is 5.02 Å². The molecule has 3 nitrogen and oxygen atoms in total. The molecule has 5 heteroatoms. The highest BCUT2D eigenvalue weighted by molar-refractivity contribution is 6.30. The Balaban J connectivity index is 2.42. The van der Waals surface area contributed by atoms with Crippen molar-refractivity contribution in [3.05, 3.63) is 34.6 Å². The molecular formula is C12H18ClFN2O. The van der Waals surface area contributed by atoms with Crippen LogP contribution in [-0.4, -0.2) is 42.8 Å². The maximum Gasteiger partial charge on any atom is 0.141 e. The van der Waals surface area contributed by atoms with Gasteiger partial charge >= 0.3 is 0 Å². The first-order chi connectivity index (χ1) is 8.02. The van der Waals surface area contributed by atoms with E-state index in [-0.39, 0.29) is 11.6 Å². The molecule has 1 aromatic rings. The van der Waals surface area contributed by atoms with Crippen LogP contribution in [0.5, 0.6) is 0 Å². The Kier molecular flexibility index (Phi) is 5.85. The van der Waals surface area contributed by atoms with Gasteiger partial charge in [0.15, 0.2) is 0 Å². The second kappa shape index (κ2) is 6.91. The number of nitrogens with zero attached hydrogens (tertiary/aromatic N) is 1. The van der Waals surface area contributed by atoms with E-state index in [4.69, 9.17) is 17.3 Å². The van der Waals surface area contributed by atoms with Crippen LogP contribution in [0, 0.1) is 5.82 Å². The van der Waals surface area contributed by atoms with E-state index in [0.29, 0.717) is 6.54 Å². The molecular weight excluding hydrogens is 243 g/mol. The maximum atomic E-state index is 12.9. The minimum Gasteiger partial charge on any atom is -0.390 e. The van der Waals surface area contributed by atoms with Crippen LogP contribution in [-0.2, 0) is 6.42 Å². The van der Waals surface area contributed by atoms with Crippen LogP contribution in [0.25, 0.3) is 0 Å². The van der Waals surface area contributed by atoms with E-state index in [0.717, 1.165) is 18.5 Å². The number of halogens is 2. The average molecular weight is 261 g/mol. The summed E-state index contributed by atoms with van der Waals surface area (Å²) in [4.78, 5) is 1.98. The van der Waals surface area contributed by atoms with Gasteiger partial charge in [-0.1, -0.05) is 17.7 Å². The second-order valence-electron chi connectivity index (χ2n) is 4.15. The van der Waals surface area contributed by atoms with E-state index in [1.54, 1.807) is 12.1 Å². The number of aliphatic hydroxyl groups excluding tert-OH is 1. The van der Waals surface area contributed by atoms with Crippen molar-refractivity contribution < 1.29 is 9.50 Å². The lowest BCUT2D eigenvalue weighted by atomic mass is 10.1. The first kappa shape index (κ1) is 14.4. The van der Waals surface area contributed by atoms with Gasteiger partial charge in [-0.3, -0.25) is 0 Å². The fourth-order valence-corrected chi connectivity index (χ4v) is 1.74. The van der Waals surface area contributed by atoms with E-state index in [1.165, 1.54) is 6.07 Å². The largest absolute Gasteiger partial charge is 0.390 e. The topological polar surface area (TPSA) is 49.5 Å².